The van der Waals surface area contributed by atoms with Crippen molar-refractivity contribution in [2.45, 2.75) is 6.42 Å². The molecule has 0 aliphatic heterocycles. The minimum absolute atomic E-state index is 0.0305. The van der Waals surface area contributed by atoms with E-state index < -0.39 is 4.92 Å². The topological polar surface area (TPSA) is 102 Å². The van der Waals surface area contributed by atoms with Gasteiger partial charge >= 0.3 is 0 Å². The zero-order valence-electron chi connectivity index (χ0n) is 17.4. The summed E-state index contributed by atoms with van der Waals surface area (Å²) >= 11 is 1.46. The maximum atomic E-state index is 12.8. The molecule has 0 spiro atoms. The number of nitro groups is 1. The van der Waals surface area contributed by atoms with Gasteiger partial charge in [-0.1, -0.05) is 48.5 Å². The van der Waals surface area contributed by atoms with Crippen LogP contribution >= 0.6 is 11.3 Å². The number of hydrogen-bond donors (Lipinski definition) is 1. The van der Waals surface area contributed by atoms with Gasteiger partial charge in [0.2, 0.25) is 0 Å². The first kappa shape index (κ1) is 22.0. The SMILES string of the molecule is O=C(NCCc1nc(-c2ccc([N+](=O)[O-])cc2)cs1)c1ccccc1C(=O)c1ccccc1. The summed E-state index contributed by atoms with van der Waals surface area (Å²) in [6.07, 6.45) is 0.526. The summed E-state index contributed by atoms with van der Waals surface area (Å²) in [5.74, 6) is -0.518. The third kappa shape index (κ3) is 5.19. The summed E-state index contributed by atoms with van der Waals surface area (Å²) < 4.78 is 0. The third-order valence-corrected chi connectivity index (χ3v) is 5.91. The highest BCUT2D eigenvalue weighted by Crippen LogP contribution is 2.24. The van der Waals surface area contributed by atoms with E-state index in [1.165, 1.54) is 23.5 Å². The molecule has 0 bridgehead atoms. The molecule has 8 heteroatoms. The van der Waals surface area contributed by atoms with Gasteiger partial charge in [0.25, 0.3) is 11.6 Å². The fourth-order valence-corrected chi connectivity index (χ4v) is 4.12. The van der Waals surface area contributed by atoms with Gasteiger partial charge in [0.1, 0.15) is 0 Å². The third-order valence-electron chi connectivity index (χ3n) is 5.00. The van der Waals surface area contributed by atoms with E-state index in [4.69, 9.17) is 0 Å². The van der Waals surface area contributed by atoms with Gasteiger partial charge in [-0.05, 0) is 18.2 Å². The molecule has 0 atom stereocenters. The van der Waals surface area contributed by atoms with E-state index in [-0.39, 0.29) is 17.4 Å². The lowest BCUT2D eigenvalue weighted by atomic mass is 9.98. The van der Waals surface area contributed by atoms with E-state index in [1.807, 2.05) is 11.4 Å². The number of non-ortho nitro benzene ring substituents is 1. The second-order valence-corrected chi connectivity index (χ2v) is 8.12. The minimum Gasteiger partial charge on any atom is -0.352 e. The number of amides is 1. The fourth-order valence-electron chi connectivity index (χ4n) is 3.31. The van der Waals surface area contributed by atoms with Crippen molar-refractivity contribution in [1.29, 1.82) is 0 Å². The Labute approximate surface area is 193 Å². The highest BCUT2D eigenvalue weighted by molar-refractivity contribution is 7.09. The molecule has 0 fully saturated rings. The molecule has 0 unspecified atom stereocenters. The molecule has 0 radical (unpaired) electrons. The summed E-state index contributed by atoms with van der Waals surface area (Å²) in [7, 11) is 0. The summed E-state index contributed by atoms with van der Waals surface area (Å²) in [5, 5.41) is 16.4. The van der Waals surface area contributed by atoms with E-state index in [1.54, 1.807) is 60.7 Å². The number of nitrogens with zero attached hydrogens (tertiary/aromatic N) is 2. The van der Waals surface area contributed by atoms with Crippen LogP contribution in [0.25, 0.3) is 11.3 Å². The Kier molecular flexibility index (Phi) is 6.66. The van der Waals surface area contributed by atoms with Crippen molar-refractivity contribution in [2.75, 3.05) is 6.54 Å². The van der Waals surface area contributed by atoms with Gasteiger partial charge in [0.15, 0.2) is 5.78 Å². The molecule has 0 aliphatic rings. The van der Waals surface area contributed by atoms with Crippen LogP contribution in [-0.2, 0) is 6.42 Å². The molecule has 3 aromatic carbocycles. The van der Waals surface area contributed by atoms with Crippen molar-refractivity contribution < 1.29 is 14.5 Å². The van der Waals surface area contributed by atoms with Gasteiger partial charge in [0.05, 0.1) is 21.2 Å². The Bertz CT molecular complexity index is 1300. The fraction of sp³-hybridized carbons (Fsp3) is 0.0800. The van der Waals surface area contributed by atoms with E-state index in [9.17, 15) is 19.7 Å². The molecule has 0 saturated carbocycles. The monoisotopic (exact) mass is 457 g/mol. The van der Waals surface area contributed by atoms with Crippen LogP contribution in [0.5, 0.6) is 0 Å². The lowest BCUT2D eigenvalue weighted by Crippen LogP contribution is -2.27. The van der Waals surface area contributed by atoms with Crippen LogP contribution in [0.2, 0.25) is 0 Å². The van der Waals surface area contributed by atoms with E-state index in [0.717, 1.165) is 16.3 Å². The van der Waals surface area contributed by atoms with Crippen LogP contribution < -0.4 is 5.32 Å². The molecule has 1 N–H and O–H groups in total. The van der Waals surface area contributed by atoms with Crippen LogP contribution in [-0.4, -0.2) is 28.1 Å². The minimum atomic E-state index is -0.440. The van der Waals surface area contributed by atoms with Crippen molar-refractivity contribution in [3.05, 3.63) is 116 Å². The molecular formula is C25H19N3O4S. The Balaban J connectivity index is 1.39. The summed E-state index contributed by atoms with van der Waals surface area (Å²) in [5.41, 5.74) is 2.77. The Morgan fingerprint density at radius 2 is 1.58 bits per heavy atom. The van der Waals surface area contributed by atoms with Crippen LogP contribution in [0.4, 0.5) is 5.69 Å². The van der Waals surface area contributed by atoms with Crippen LogP contribution in [0, 0.1) is 10.1 Å². The van der Waals surface area contributed by atoms with Gasteiger partial charge in [-0.2, -0.15) is 0 Å². The number of nitro benzene ring substituents is 1. The maximum absolute atomic E-state index is 12.8. The van der Waals surface area contributed by atoms with Gasteiger partial charge < -0.3 is 5.32 Å². The molecule has 4 aromatic rings. The number of ketones is 1. The lowest BCUT2D eigenvalue weighted by molar-refractivity contribution is -0.384. The number of aromatic nitrogens is 1. The molecule has 164 valence electrons. The molecule has 4 rings (SSSR count). The van der Waals surface area contributed by atoms with Crippen LogP contribution in [0.1, 0.15) is 31.3 Å². The lowest BCUT2D eigenvalue weighted by Gasteiger charge is -2.09. The standard InChI is InChI=1S/C25H19N3O4S/c29-24(18-6-2-1-3-7-18)20-8-4-5-9-21(20)25(30)26-15-14-23-27-22(16-33-23)17-10-12-19(13-11-17)28(31)32/h1-13,16H,14-15H2,(H,26,30). The smallest absolute Gasteiger partial charge is 0.269 e. The summed E-state index contributed by atoms with van der Waals surface area (Å²) in [6, 6.07) is 21.8. The number of carbonyl (C=O) groups excluding carboxylic acids is 2. The first-order valence-corrected chi connectivity index (χ1v) is 11.1. The summed E-state index contributed by atoms with van der Waals surface area (Å²) in [4.78, 5) is 40.5. The normalized spacial score (nSPS) is 10.5. The number of hydrogen-bond acceptors (Lipinski definition) is 6. The van der Waals surface area contributed by atoms with Gasteiger partial charge in [-0.25, -0.2) is 4.98 Å². The average Bonchev–Trinajstić information content (AvgIpc) is 3.33. The number of thiazole rings is 1. The number of carbonyl (C=O) groups is 2. The first-order valence-electron chi connectivity index (χ1n) is 10.2. The molecule has 1 aromatic heterocycles. The Morgan fingerprint density at radius 1 is 0.909 bits per heavy atom. The number of nitrogens with one attached hydrogen (secondary N) is 1. The molecule has 7 nitrogen and oxygen atoms in total. The predicted octanol–water partition coefficient (Wildman–Crippen LogP) is 4.92. The zero-order chi connectivity index (χ0) is 23.2. The number of benzene rings is 3. The van der Waals surface area contributed by atoms with Gasteiger partial charge in [-0.15, -0.1) is 11.3 Å². The van der Waals surface area contributed by atoms with Crippen molar-refractivity contribution in [2.24, 2.45) is 0 Å². The zero-order valence-corrected chi connectivity index (χ0v) is 18.2. The quantitative estimate of drug-likeness (QED) is 0.230. The van der Waals surface area contributed by atoms with E-state index in [2.05, 4.69) is 10.3 Å². The van der Waals surface area contributed by atoms with Crippen LogP contribution in [0.15, 0.2) is 84.2 Å². The first-order chi connectivity index (χ1) is 16.0. The van der Waals surface area contributed by atoms with E-state index in [0.29, 0.717) is 29.7 Å². The molecule has 1 amide bonds. The highest BCUT2D eigenvalue weighted by atomic mass is 32.1. The molecule has 0 saturated heterocycles. The van der Waals surface area contributed by atoms with Crippen molar-refractivity contribution in [1.82, 2.24) is 10.3 Å². The van der Waals surface area contributed by atoms with Gasteiger partial charge in [0, 0.05) is 47.2 Å². The Hall–Kier alpha value is -4.17. The molecule has 33 heavy (non-hydrogen) atoms. The summed E-state index contributed by atoms with van der Waals surface area (Å²) in [6.45, 7) is 0.361. The van der Waals surface area contributed by atoms with E-state index >= 15 is 0 Å². The molecule has 0 aliphatic carbocycles. The second kappa shape index (κ2) is 9.97. The Morgan fingerprint density at radius 3 is 2.27 bits per heavy atom. The van der Waals surface area contributed by atoms with Gasteiger partial charge in [-0.3, -0.25) is 19.7 Å². The number of rotatable bonds is 8. The van der Waals surface area contributed by atoms with Crippen molar-refractivity contribution in [3.63, 3.8) is 0 Å². The largest absolute Gasteiger partial charge is 0.352 e. The van der Waals surface area contributed by atoms with Crippen LogP contribution in [0.3, 0.4) is 0 Å². The highest BCUT2D eigenvalue weighted by Gasteiger charge is 2.18. The van der Waals surface area contributed by atoms with Crippen molar-refractivity contribution >= 4 is 28.7 Å². The maximum Gasteiger partial charge on any atom is 0.269 e. The van der Waals surface area contributed by atoms with Crippen molar-refractivity contribution in [3.8, 4) is 11.3 Å². The second-order valence-electron chi connectivity index (χ2n) is 7.18. The molecule has 1 heterocycles. The predicted molar refractivity (Wildman–Crippen MR) is 127 cm³/mol. The molecular weight excluding hydrogens is 438 g/mol. The average molecular weight is 458 g/mol.